The van der Waals surface area contributed by atoms with E-state index in [2.05, 4.69) is 136 Å². The number of hydrogen-bond acceptors (Lipinski definition) is 1. The first-order valence-corrected chi connectivity index (χ1v) is 16.1. The Balaban J connectivity index is 1.79. The van der Waals surface area contributed by atoms with E-state index in [1.165, 1.54) is 54.4 Å². The summed E-state index contributed by atoms with van der Waals surface area (Å²) in [6, 6.07) is 0. The third-order valence-corrected chi connectivity index (χ3v) is 9.33. The lowest BCUT2D eigenvalue weighted by molar-refractivity contribution is 0.0767. The first kappa shape index (κ1) is 34.9. The highest BCUT2D eigenvalue weighted by Crippen LogP contribution is 2.46. The lowest BCUT2D eigenvalue weighted by atomic mass is 9.62. The molecule has 1 nitrogen and oxygen atoms in total. The summed E-state index contributed by atoms with van der Waals surface area (Å²) in [5.74, 6) is 8.91. The molecule has 0 heterocycles. The van der Waals surface area contributed by atoms with Gasteiger partial charge in [-0.15, -0.1) is 0 Å². The fourth-order valence-corrected chi connectivity index (χ4v) is 6.85. The van der Waals surface area contributed by atoms with Gasteiger partial charge in [-0.1, -0.05) is 138 Å². The van der Waals surface area contributed by atoms with Gasteiger partial charge in [0.15, 0.2) is 0 Å². The normalized spacial score (nSPS) is 26.6. The number of hydrogen-bond donors (Lipinski definition) is 1. The molecule has 1 saturated carbocycles. The molecular formula is C40H60O. The van der Waals surface area contributed by atoms with E-state index in [0.717, 1.165) is 36.7 Å². The summed E-state index contributed by atoms with van der Waals surface area (Å²) in [6.07, 6.45) is 28.8. The highest BCUT2D eigenvalue weighted by atomic mass is 16.3. The molecule has 0 bridgehead atoms. The van der Waals surface area contributed by atoms with Crippen molar-refractivity contribution in [3.05, 3.63) is 82.5 Å². The smallest absolute Gasteiger partial charge is 0.0586 e. The summed E-state index contributed by atoms with van der Waals surface area (Å²) < 4.78 is 0. The second-order valence-corrected chi connectivity index (χ2v) is 14.5. The molecule has 4 atom stereocenters. The maximum atomic E-state index is 10.1. The van der Waals surface area contributed by atoms with Crippen molar-refractivity contribution < 1.29 is 5.11 Å². The number of aliphatic hydroxyl groups excluding tert-OH is 1. The highest BCUT2D eigenvalue weighted by molar-refractivity contribution is 5.44. The van der Waals surface area contributed by atoms with Crippen molar-refractivity contribution in [1.29, 1.82) is 0 Å². The van der Waals surface area contributed by atoms with Crippen LogP contribution in [0.2, 0.25) is 0 Å². The molecule has 2 unspecified atom stereocenters. The molecule has 0 aromatic heterocycles. The maximum Gasteiger partial charge on any atom is 0.0586 e. The zero-order valence-electron chi connectivity index (χ0n) is 28.1. The minimum Gasteiger partial charge on any atom is -0.393 e. The molecule has 0 saturated heterocycles. The lowest BCUT2D eigenvalue weighted by Gasteiger charge is -2.43. The summed E-state index contributed by atoms with van der Waals surface area (Å²) in [4.78, 5) is 0. The van der Waals surface area contributed by atoms with Gasteiger partial charge in [-0.05, 0) is 95.0 Å². The van der Waals surface area contributed by atoms with Crippen molar-refractivity contribution >= 4 is 0 Å². The Morgan fingerprint density at radius 3 is 2.46 bits per heavy atom. The molecule has 2 rings (SSSR count). The van der Waals surface area contributed by atoms with Crippen LogP contribution < -0.4 is 0 Å². The quantitative estimate of drug-likeness (QED) is 0.209. The van der Waals surface area contributed by atoms with Crippen LogP contribution in [0.5, 0.6) is 0 Å². The van der Waals surface area contributed by atoms with Gasteiger partial charge < -0.3 is 5.11 Å². The number of allylic oxidation sites excluding steroid dienone is 13. The van der Waals surface area contributed by atoms with Gasteiger partial charge in [0.2, 0.25) is 0 Å². The number of rotatable bonds is 10. The van der Waals surface area contributed by atoms with E-state index >= 15 is 0 Å². The van der Waals surface area contributed by atoms with E-state index in [1.54, 1.807) is 0 Å². The van der Waals surface area contributed by atoms with Crippen molar-refractivity contribution in [1.82, 2.24) is 0 Å². The molecule has 1 N–H and O–H groups in total. The third-order valence-electron chi connectivity index (χ3n) is 9.33. The minimum absolute atomic E-state index is 0.0608. The average Bonchev–Trinajstić information content (AvgIpc) is 2.84. The molecule has 1 fully saturated rings. The molecule has 226 valence electrons. The topological polar surface area (TPSA) is 20.2 Å². The van der Waals surface area contributed by atoms with Crippen molar-refractivity contribution in [3.63, 3.8) is 0 Å². The first-order chi connectivity index (χ1) is 19.2. The zero-order valence-corrected chi connectivity index (χ0v) is 28.1. The predicted molar refractivity (Wildman–Crippen MR) is 181 cm³/mol. The SMILES string of the molecule is CC1=C(C#C/C(C)=C/C=C/C(C)C/C=C/C=C(C)/C=C/C=C(\C)CCC2[C@H](C)CCCC2(C)C)C(C)(C)C[C@H](O)C1. The van der Waals surface area contributed by atoms with Crippen LogP contribution in [0.15, 0.2) is 82.5 Å². The van der Waals surface area contributed by atoms with Crippen molar-refractivity contribution in [3.8, 4) is 11.8 Å². The summed E-state index contributed by atoms with van der Waals surface area (Å²) in [6.45, 7) is 22.7. The largest absolute Gasteiger partial charge is 0.393 e. The predicted octanol–water partition coefficient (Wildman–Crippen LogP) is 11.3. The van der Waals surface area contributed by atoms with E-state index in [-0.39, 0.29) is 11.5 Å². The molecule has 2 aliphatic carbocycles. The molecule has 0 radical (unpaired) electrons. The van der Waals surface area contributed by atoms with E-state index in [9.17, 15) is 5.11 Å². The Labute approximate surface area is 254 Å². The van der Waals surface area contributed by atoms with Crippen LogP contribution in [-0.2, 0) is 0 Å². The van der Waals surface area contributed by atoms with Crippen LogP contribution in [0.4, 0.5) is 0 Å². The Morgan fingerprint density at radius 1 is 1.05 bits per heavy atom. The Kier molecular flexibility index (Phi) is 13.9. The van der Waals surface area contributed by atoms with E-state index in [1.807, 2.05) is 0 Å². The summed E-state index contributed by atoms with van der Waals surface area (Å²) >= 11 is 0. The van der Waals surface area contributed by atoms with Gasteiger partial charge in [0, 0.05) is 11.0 Å². The lowest BCUT2D eigenvalue weighted by Crippen LogP contribution is -2.33. The van der Waals surface area contributed by atoms with E-state index < -0.39 is 0 Å². The molecule has 0 aliphatic heterocycles. The third kappa shape index (κ3) is 12.2. The fraction of sp³-hybridized carbons (Fsp3) is 0.600. The highest BCUT2D eigenvalue weighted by Gasteiger charge is 2.36. The molecule has 2 aliphatic rings. The minimum atomic E-state index is -0.245. The van der Waals surface area contributed by atoms with Crippen molar-refractivity contribution in [2.45, 2.75) is 127 Å². The van der Waals surface area contributed by atoms with Crippen molar-refractivity contribution in [2.75, 3.05) is 0 Å². The standard InChI is InChI=1S/C40H60O/c1-30(18-13-20-32(3)23-25-37-34(5)22-15-27-39(37,7)8)16-11-12-17-31(2)19-14-21-33(4)24-26-38-35(6)28-36(41)29-40(38,9)10/h11-14,16,18-21,31,34,36-37,41H,15,17,22-23,25,27-29H2,1-10H3/b12-11+,18-13+,19-14+,30-16+,32-20+,33-21+/t31?,34-,36-,37?/m1/s1. The van der Waals surface area contributed by atoms with Gasteiger partial charge in [-0.2, -0.15) is 0 Å². The van der Waals surface area contributed by atoms with E-state index in [4.69, 9.17) is 0 Å². The Morgan fingerprint density at radius 2 is 1.78 bits per heavy atom. The van der Waals surface area contributed by atoms with Gasteiger partial charge >= 0.3 is 0 Å². The molecule has 0 aromatic carbocycles. The second kappa shape index (κ2) is 16.4. The van der Waals surface area contributed by atoms with Gasteiger partial charge in [0.25, 0.3) is 0 Å². The number of aliphatic hydroxyl groups is 1. The Hall–Kier alpha value is -2.30. The second-order valence-electron chi connectivity index (χ2n) is 14.5. The molecule has 0 amide bonds. The molecule has 1 heteroatoms. The van der Waals surface area contributed by atoms with Gasteiger partial charge in [0.05, 0.1) is 6.10 Å². The van der Waals surface area contributed by atoms with Crippen LogP contribution >= 0.6 is 0 Å². The first-order valence-electron chi connectivity index (χ1n) is 16.1. The van der Waals surface area contributed by atoms with Crippen LogP contribution in [0.1, 0.15) is 121 Å². The average molecular weight is 557 g/mol. The van der Waals surface area contributed by atoms with Gasteiger partial charge in [-0.3, -0.25) is 0 Å². The summed E-state index contributed by atoms with van der Waals surface area (Å²) in [5, 5.41) is 10.1. The van der Waals surface area contributed by atoms with Crippen LogP contribution in [-0.4, -0.2) is 11.2 Å². The van der Waals surface area contributed by atoms with Crippen LogP contribution in [0, 0.1) is 40.4 Å². The molecule has 0 spiro atoms. The molecule has 41 heavy (non-hydrogen) atoms. The van der Waals surface area contributed by atoms with Gasteiger partial charge in [0.1, 0.15) is 0 Å². The van der Waals surface area contributed by atoms with Crippen LogP contribution in [0.3, 0.4) is 0 Å². The summed E-state index contributed by atoms with van der Waals surface area (Å²) in [7, 11) is 0. The fourth-order valence-electron chi connectivity index (χ4n) is 6.85. The molecule has 0 aromatic rings. The Bertz CT molecular complexity index is 1130. The summed E-state index contributed by atoms with van der Waals surface area (Å²) in [5.41, 5.74) is 6.67. The van der Waals surface area contributed by atoms with Crippen molar-refractivity contribution in [2.24, 2.45) is 28.6 Å². The molecular weight excluding hydrogens is 496 g/mol. The van der Waals surface area contributed by atoms with E-state index in [0.29, 0.717) is 11.3 Å². The zero-order chi connectivity index (χ0) is 30.6. The van der Waals surface area contributed by atoms with Gasteiger partial charge in [-0.25, -0.2) is 0 Å². The monoisotopic (exact) mass is 556 g/mol. The van der Waals surface area contributed by atoms with Crippen LogP contribution in [0.25, 0.3) is 0 Å². The maximum absolute atomic E-state index is 10.1.